The van der Waals surface area contributed by atoms with Crippen molar-refractivity contribution in [3.8, 4) is 11.5 Å². The summed E-state index contributed by atoms with van der Waals surface area (Å²) in [5, 5.41) is 8.52. The van der Waals surface area contributed by atoms with E-state index in [1.165, 1.54) is 6.26 Å². The Morgan fingerprint density at radius 3 is 2.61 bits per heavy atom. The number of aliphatic carboxylic acids is 1. The first-order chi connectivity index (χ1) is 10.8. The number of alkyl halides is 3. The molecule has 0 aliphatic carbocycles. The van der Waals surface area contributed by atoms with Gasteiger partial charge in [0.15, 0.2) is 0 Å². The molecular formula is C15H13F4NO3. The quantitative estimate of drug-likeness (QED) is 0.633. The lowest BCUT2D eigenvalue weighted by molar-refractivity contribution is -0.138. The van der Waals surface area contributed by atoms with E-state index in [-0.39, 0.29) is 17.9 Å². The van der Waals surface area contributed by atoms with Crippen LogP contribution in [0.15, 0.2) is 28.9 Å². The first-order valence-corrected chi connectivity index (χ1v) is 6.80. The molecule has 1 aromatic carbocycles. The van der Waals surface area contributed by atoms with Crippen molar-refractivity contribution in [1.82, 2.24) is 4.98 Å². The zero-order valence-corrected chi connectivity index (χ0v) is 11.9. The molecule has 0 atom stereocenters. The van der Waals surface area contributed by atoms with Gasteiger partial charge in [-0.1, -0.05) is 0 Å². The van der Waals surface area contributed by atoms with Gasteiger partial charge in [0.2, 0.25) is 5.89 Å². The fourth-order valence-electron chi connectivity index (χ4n) is 2.01. The normalized spacial score (nSPS) is 11.7. The standard InChI is InChI=1S/C15H13F4NO3/c16-11-6-9(5-10(7-11)15(17,18)19)14-20-12(8-23-14)3-1-2-4-13(21)22/h5-8H,1-4H2,(H,21,22). The Hall–Kier alpha value is -2.38. The number of halogens is 4. The lowest BCUT2D eigenvalue weighted by Crippen LogP contribution is -2.05. The molecule has 8 heteroatoms. The van der Waals surface area contributed by atoms with Crippen LogP contribution in [-0.4, -0.2) is 16.1 Å². The first-order valence-electron chi connectivity index (χ1n) is 6.80. The number of nitrogens with zero attached hydrogens (tertiary/aromatic N) is 1. The van der Waals surface area contributed by atoms with Gasteiger partial charge in [-0.3, -0.25) is 4.79 Å². The molecule has 0 aliphatic rings. The summed E-state index contributed by atoms with van der Waals surface area (Å²) in [4.78, 5) is 14.4. The first kappa shape index (κ1) is 17.0. The van der Waals surface area contributed by atoms with Crippen LogP contribution < -0.4 is 0 Å². The fourth-order valence-corrected chi connectivity index (χ4v) is 2.01. The second-order valence-electron chi connectivity index (χ2n) is 4.97. The zero-order valence-electron chi connectivity index (χ0n) is 11.9. The molecule has 0 aliphatic heterocycles. The summed E-state index contributed by atoms with van der Waals surface area (Å²) in [7, 11) is 0. The van der Waals surface area contributed by atoms with Crippen molar-refractivity contribution in [2.45, 2.75) is 31.9 Å². The molecular weight excluding hydrogens is 318 g/mol. The van der Waals surface area contributed by atoms with Crippen molar-refractivity contribution in [2.75, 3.05) is 0 Å². The van der Waals surface area contributed by atoms with Gasteiger partial charge in [-0.25, -0.2) is 9.37 Å². The van der Waals surface area contributed by atoms with E-state index in [0.717, 1.165) is 12.1 Å². The third kappa shape index (κ3) is 4.80. The summed E-state index contributed by atoms with van der Waals surface area (Å²) in [6.07, 6.45) is -1.93. The molecule has 23 heavy (non-hydrogen) atoms. The van der Waals surface area contributed by atoms with Gasteiger partial charge in [-0.05, 0) is 37.5 Å². The molecule has 1 heterocycles. The Balaban J connectivity index is 2.11. The van der Waals surface area contributed by atoms with Crippen molar-refractivity contribution in [2.24, 2.45) is 0 Å². The molecule has 0 radical (unpaired) electrons. The number of carbonyl (C=O) groups is 1. The van der Waals surface area contributed by atoms with E-state index in [2.05, 4.69) is 4.98 Å². The molecule has 4 nitrogen and oxygen atoms in total. The highest BCUT2D eigenvalue weighted by Crippen LogP contribution is 2.33. The number of benzene rings is 1. The van der Waals surface area contributed by atoms with Crippen LogP contribution in [0.2, 0.25) is 0 Å². The summed E-state index contributed by atoms with van der Waals surface area (Å²) in [5.41, 5.74) is -0.744. The molecule has 0 unspecified atom stereocenters. The highest BCUT2D eigenvalue weighted by molar-refractivity contribution is 5.66. The summed E-state index contributed by atoms with van der Waals surface area (Å²) in [6.45, 7) is 0. The minimum absolute atomic E-state index is 0.0313. The van der Waals surface area contributed by atoms with Crippen LogP contribution in [0.1, 0.15) is 30.5 Å². The van der Waals surface area contributed by atoms with Gasteiger partial charge in [0, 0.05) is 12.0 Å². The van der Waals surface area contributed by atoms with Crippen LogP contribution in [0.3, 0.4) is 0 Å². The highest BCUT2D eigenvalue weighted by Gasteiger charge is 2.31. The highest BCUT2D eigenvalue weighted by atomic mass is 19.4. The van der Waals surface area contributed by atoms with Gasteiger partial charge < -0.3 is 9.52 Å². The van der Waals surface area contributed by atoms with Gasteiger partial charge in [0.25, 0.3) is 0 Å². The molecule has 124 valence electrons. The summed E-state index contributed by atoms with van der Waals surface area (Å²) >= 11 is 0. The second kappa shape index (κ2) is 6.80. The number of aromatic nitrogens is 1. The Bertz CT molecular complexity index is 694. The van der Waals surface area contributed by atoms with E-state index in [1.807, 2.05) is 0 Å². The Labute approximate surface area is 128 Å². The van der Waals surface area contributed by atoms with Crippen LogP contribution in [0, 0.1) is 5.82 Å². The summed E-state index contributed by atoms with van der Waals surface area (Å²) < 4.78 is 56.5. The van der Waals surface area contributed by atoms with Crippen molar-refractivity contribution in [3.63, 3.8) is 0 Å². The van der Waals surface area contributed by atoms with Gasteiger partial charge in [0.1, 0.15) is 12.1 Å². The van der Waals surface area contributed by atoms with Gasteiger partial charge in [0.05, 0.1) is 11.3 Å². The number of oxazole rings is 1. The smallest absolute Gasteiger partial charge is 0.416 e. The van der Waals surface area contributed by atoms with E-state index in [1.54, 1.807) is 0 Å². The number of unbranched alkanes of at least 4 members (excludes halogenated alkanes) is 1. The third-order valence-corrected chi connectivity index (χ3v) is 3.10. The molecule has 0 saturated carbocycles. The van der Waals surface area contributed by atoms with E-state index < -0.39 is 23.5 Å². The molecule has 0 saturated heterocycles. The van der Waals surface area contributed by atoms with Crippen LogP contribution >= 0.6 is 0 Å². The predicted octanol–water partition coefficient (Wildman–Crippen LogP) is 4.30. The average Bonchev–Trinajstić information content (AvgIpc) is 2.90. The van der Waals surface area contributed by atoms with Gasteiger partial charge in [-0.15, -0.1) is 0 Å². The van der Waals surface area contributed by atoms with Crippen LogP contribution in [0.25, 0.3) is 11.5 Å². The number of aryl methyl sites for hydroxylation is 1. The van der Waals surface area contributed by atoms with Crippen LogP contribution in [0.4, 0.5) is 17.6 Å². The lowest BCUT2D eigenvalue weighted by atomic mass is 10.1. The van der Waals surface area contributed by atoms with Crippen molar-refractivity contribution < 1.29 is 31.9 Å². The number of carboxylic acids is 1. The molecule has 0 spiro atoms. The number of hydrogen-bond donors (Lipinski definition) is 1. The second-order valence-corrected chi connectivity index (χ2v) is 4.97. The monoisotopic (exact) mass is 331 g/mol. The van der Waals surface area contributed by atoms with Crippen LogP contribution in [0.5, 0.6) is 0 Å². The van der Waals surface area contributed by atoms with Gasteiger partial charge >= 0.3 is 12.1 Å². The Morgan fingerprint density at radius 1 is 1.22 bits per heavy atom. The average molecular weight is 331 g/mol. The van der Waals surface area contributed by atoms with Crippen molar-refractivity contribution in [1.29, 1.82) is 0 Å². The zero-order chi connectivity index (χ0) is 17.0. The maximum absolute atomic E-state index is 13.3. The Morgan fingerprint density at radius 2 is 1.96 bits per heavy atom. The molecule has 0 amide bonds. The minimum atomic E-state index is -4.66. The lowest BCUT2D eigenvalue weighted by Gasteiger charge is -2.07. The topological polar surface area (TPSA) is 63.3 Å². The third-order valence-electron chi connectivity index (χ3n) is 3.10. The largest absolute Gasteiger partial charge is 0.481 e. The van der Waals surface area contributed by atoms with Gasteiger partial charge in [-0.2, -0.15) is 13.2 Å². The van der Waals surface area contributed by atoms with Crippen LogP contribution in [-0.2, 0) is 17.4 Å². The maximum atomic E-state index is 13.3. The predicted molar refractivity (Wildman–Crippen MR) is 72.1 cm³/mol. The van der Waals surface area contributed by atoms with Crippen molar-refractivity contribution in [3.05, 3.63) is 41.5 Å². The van der Waals surface area contributed by atoms with E-state index in [4.69, 9.17) is 9.52 Å². The number of carboxylic acid groups (broad SMARTS) is 1. The molecule has 0 fully saturated rings. The molecule has 0 bridgehead atoms. The minimum Gasteiger partial charge on any atom is -0.481 e. The fraction of sp³-hybridized carbons (Fsp3) is 0.333. The molecule has 2 aromatic rings. The number of rotatable bonds is 6. The summed E-state index contributed by atoms with van der Waals surface area (Å²) in [6, 6.07) is 2.08. The maximum Gasteiger partial charge on any atom is 0.416 e. The van der Waals surface area contributed by atoms with E-state index in [0.29, 0.717) is 31.0 Å². The molecule has 1 N–H and O–H groups in total. The SMILES string of the molecule is O=C(O)CCCCc1coc(-c2cc(F)cc(C(F)(F)F)c2)n1. The van der Waals surface area contributed by atoms with E-state index in [9.17, 15) is 22.4 Å². The summed E-state index contributed by atoms with van der Waals surface area (Å²) in [5.74, 6) is -2.04. The number of hydrogen-bond acceptors (Lipinski definition) is 3. The molecule has 1 aromatic heterocycles. The van der Waals surface area contributed by atoms with E-state index >= 15 is 0 Å². The van der Waals surface area contributed by atoms with Crippen molar-refractivity contribution >= 4 is 5.97 Å². The Kier molecular flexibility index (Phi) is 5.02. The molecule has 2 rings (SSSR count).